The van der Waals surface area contributed by atoms with E-state index in [9.17, 15) is 25.2 Å². The summed E-state index contributed by atoms with van der Waals surface area (Å²) in [5.41, 5.74) is 3.53. The third-order valence-corrected chi connectivity index (χ3v) is 6.39. The minimum Gasteiger partial charge on any atom is -0.394 e. The summed E-state index contributed by atoms with van der Waals surface area (Å²) in [6.07, 6.45) is -6.69. The van der Waals surface area contributed by atoms with Crippen molar-refractivity contribution in [2.75, 3.05) is 32.1 Å². The van der Waals surface area contributed by atoms with Crippen molar-refractivity contribution in [3.05, 3.63) is 63.1 Å². The average molecular weight is 551 g/mol. The van der Waals surface area contributed by atoms with E-state index in [-0.39, 0.29) is 24.9 Å². The number of carbonyl (C=O) groups is 1. The van der Waals surface area contributed by atoms with Gasteiger partial charge in [0.25, 0.3) is 0 Å². The highest BCUT2D eigenvalue weighted by Crippen LogP contribution is 2.38. The molecule has 0 bridgehead atoms. The van der Waals surface area contributed by atoms with Gasteiger partial charge in [-0.15, -0.1) is 12.4 Å². The van der Waals surface area contributed by atoms with Gasteiger partial charge < -0.3 is 41.1 Å². The van der Waals surface area contributed by atoms with Crippen molar-refractivity contribution in [3.63, 3.8) is 0 Å². The standard InChI is InChI=1S/C23H29Cl2N3O6.ClH/c1-28-9-16(15-6-13(24)7-18(25)17(15)10-28)12-3-2-4-14(5-12)27-23(34)26-8-19(30)21(32)22(33)20(31)11-29;/h2-7,16,19-22,29-33H,8-11H2,1H3,(H2,26,27,34);1H/t16?,19-,20+,21+,22+;/m0./s1. The Balaban J connectivity index is 0.00000432. The lowest BCUT2D eigenvalue weighted by Gasteiger charge is -2.33. The van der Waals surface area contributed by atoms with Crippen LogP contribution in [0.4, 0.5) is 10.5 Å². The fraction of sp³-hybridized carbons (Fsp3) is 0.435. The molecule has 0 aromatic heterocycles. The Morgan fingerprint density at radius 3 is 2.49 bits per heavy atom. The van der Waals surface area contributed by atoms with Crippen LogP contribution in [-0.2, 0) is 6.54 Å². The molecule has 1 unspecified atom stereocenters. The van der Waals surface area contributed by atoms with E-state index in [4.69, 9.17) is 28.3 Å². The largest absolute Gasteiger partial charge is 0.394 e. The fourth-order valence-electron chi connectivity index (χ4n) is 4.02. The molecule has 0 saturated carbocycles. The van der Waals surface area contributed by atoms with E-state index < -0.39 is 37.1 Å². The summed E-state index contributed by atoms with van der Waals surface area (Å²) in [6.45, 7) is 0.278. The van der Waals surface area contributed by atoms with Crippen LogP contribution in [0.15, 0.2) is 36.4 Å². The highest BCUT2D eigenvalue weighted by atomic mass is 35.5. The van der Waals surface area contributed by atoms with Crippen LogP contribution in [0, 0.1) is 0 Å². The number of anilines is 1. The number of carbonyl (C=O) groups excluding carboxylic acids is 1. The van der Waals surface area contributed by atoms with Gasteiger partial charge in [0, 0.05) is 41.3 Å². The van der Waals surface area contributed by atoms with Gasteiger partial charge in [-0.2, -0.15) is 0 Å². The maximum absolute atomic E-state index is 12.3. The molecule has 0 aliphatic carbocycles. The number of amides is 2. The number of aliphatic hydroxyl groups is 5. The van der Waals surface area contributed by atoms with E-state index in [0.29, 0.717) is 22.3 Å². The van der Waals surface area contributed by atoms with Gasteiger partial charge in [-0.1, -0.05) is 35.3 Å². The first-order valence-electron chi connectivity index (χ1n) is 10.7. The quantitative estimate of drug-likeness (QED) is 0.264. The fourth-order valence-corrected chi connectivity index (χ4v) is 4.59. The molecule has 2 amide bonds. The van der Waals surface area contributed by atoms with Crippen molar-refractivity contribution < 1.29 is 30.3 Å². The second-order valence-corrected chi connectivity index (χ2v) is 9.31. The van der Waals surface area contributed by atoms with Gasteiger partial charge in [0.15, 0.2) is 0 Å². The predicted molar refractivity (Wildman–Crippen MR) is 136 cm³/mol. The zero-order valence-corrected chi connectivity index (χ0v) is 21.3. The molecule has 7 N–H and O–H groups in total. The van der Waals surface area contributed by atoms with E-state index in [1.165, 1.54) is 0 Å². The van der Waals surface area contributed by atoms with Crippen molar-refractivity contribution in [1.29, 1.82) is 0 Å². The molecule has 12 heteroatoms. The van der Waals surface area contributed by atoms with Gasteiger partial charge in [0.1, 0.15) is 18.3 Å². The summed E-state index contributed by atoms with van der Waals surface area (Å²) in [6, 6.07) is 10.4. The molecule has 194 valence electrons. The monoisotopic (exact) mass is 549 g/mol. The van der Waals surface area contributed by atoms with E-state index >= 15 is 0 Å². The summed E-state index contributed by atoms with van der Waals surface area (Å²) in [7, 11) is 2.01. The van der Waals surface area contributed by atoms with Crippen LogP contribution in [0.3, 0.4) is 0 Å². The lowest BCUT2D eigenvalue weighted by Crippen LogP contribution is -2.50. The Labute approximate surface area is 219 Å². The summed E-state index contributed by atoms with van der Waals surface area (Å²) in [5.74, 6) is -0.00818. The predicted octanol–water partition coefficient (Wildman–Crippen LogP) is 1.55. The molecule has 1 heterocycles. The van der Waals surface area contributed by atoms with Crippen LogP contribution >= 0.6 is 35.6 Å². The summed E-state index contributed by atoms with van der Waals surface area (Å²) in [4.78, 5) is 14.5. The number of nitrogens with one attached hydrogen (secondary N) is 2. The molecule has 2 aromatic carbocycles. The van der Waals surface area contributed by atoms with Crippen LogP contribution in [0.25, 0.3) is 0 Å². The van der Waals surface area contributed by atoms with Crippen LogP contribution in [-0.4, -0.2) is 87.6 Å². The molecule has 1 aliphatic rings. The minimum atomic E-state index is -1.76. The molecule has 0 spiro atoms. The third-order valence-electron chi connectivity index (χ3n) is 5.84. The van der Waals surface area contributed by atoms with Crippen molar-refractivity contribution in [1.82, 2.24) is 10.2 Å². The number of likely N-dealkylation sites (N-methyl/N-ethyl adjacent to an activating group) is 1. The molecule has 2 aromatic rings. The normalized spacial score (nSPS) is 19.0. The number of aliphatic hydroxyl groups excluding tert-OH is 5. The summed E-state index contributed by atoms with van der Waals surface area (Å²) in [5, 5.41) is 53.9. The second-order valence-electron chi connectivity index (χ2n) is 8.46. The van der Waals surface area contributed by atoms with Gasteiger partial charge in [-0.3, -0.25) is 0 Å². The number of rotatable bonds is 8. The molecule has 0 radical (unpaired) electrons. The van der Waals surface area contributed by atoms with Gasteiger partial charge in [0.2, 0.25) is 0 Å². The molecule has 0 saturated heterocycles. The van der Waals surface area contributed by atoms with Gasteiger partial charge in [0.05, 0.1) is 12.7 Å². The third kappa shape index (κ3) is 7.42. The number of halogens is 3. The van der Waals surface area contributed by atoms with Crippen molar-refractivity contribution in [2.24, 2.45) is 0 Å². The Bertz CT molecular complexity index is 1010. The Morgan fingerprint density at radius 1 is 1.11 bits per heavy atom. The number of urea groups is 1. The highest BCUT2D eigenvalue weighted by Gasteiger charge is 2.30. The molecule has 3 rings (SSSR count). The Hall–Kier alpha value is -1.66. The lowest BCUT2D eigenvalue weighted by atomic mass is 9.84. The van der Waals surface area contributed by atoms with Gasteiger partial charge in [-0.05, 0) is 48.0 Å². The highest BCUT2D eigenvalue weighted by molar-refractivity contribution is 6.35. The van der Waals surface area contributed by atoms with Crippen LogP contribution < -0.4 is 10.6 Å². The molecular weight excluding hydrogens is 521 g/mol. The molecule has 0 fully saturated rings. The maximum Gasteiger partial charge on any atom is 0.319 e. The Kier molecular flexibility index (Phi) is 11.0. The molecular formula is C23H30Cl3N3O6. The second kappa shape index (κ2) is 13.0. The number of fused-ring (bicyclic) bond motifs is 1. The maximum atomic E-state index is 12.3. The summed E-state index contributed by atoms with van der Waals surface area (Å²) < 4.78 is 0. The van der Waals surface area contributed by atoms with Gasteiger partial charge >= 0.3 is 6.03 Å². The van der Waals surface area contributed by atoms with E-state index in [1.807, 2.05) is 31.3 Å². The Morgan fingerprint density at radius 2 is 1.80 bits per heavy atom. The van der Waals surface area contributed by atoms with Crippen LogP contribution in [0.1, 0.15) is 22.6 Å². The first-order chi connectivity index (χ1) is 16.1. The molecule has 9 nitrogen and oxygen atoms in total. The molecule has 5 atom stereocenters. The first kappa shape index (κ1) is 29.6. The van der Waals surface area contributed by atoms with E-state index in [0.717, 1.165) is 23.2 Å². The summed E-state index contributed by atoms with van der Waals surface area (Å²) >= 11 is 12.7. The topological polar surface area (TPSA) is 146 Å². The molecule has 1 aliphatic heterocycles. The zero-order chi connectivity index (χ0) is 25.0. The van der Waals surface area contributed by atoms with Crippen LogP contribution in [0.5, 0.6) is 0 Å². The van der Waals surface area contributed by atoms with Crippen molar-refractivity contribution in [2.45, 2.75) is 36.9 Å². The SMILES string of the molecule is CN1Cc2c(Cl)cc(Cl)cc2C(c2cccc(NC(=O)NC[C@H](O)[C@@H](O)[C@H](O)[C@H](O)CO)c2)C1.Cl. The zero-order valence-electron chi connectivity index (χ0n) is 18.9. The van der Waals surface area contributed by atoms with Crippen LogP contribution in [0.2, 0.25) is 10.0 Å². The average Bonchev–Trinajstić information content (AvgIpc) is 2.81. The smallest absolute Gasteiger partial charge is 0.319 e. The number of hydrogen-bond acceptors (Lipinski definition) is 7. The van der Waals surface area contributed by atoms with E-state index in [1.54, 1.807) is 12.1 Å². The van der Waals surface area contributed by atoms with E-state index in [2.05, 4.69) is 15.5 Å². The number of benzene rings is 2. The lowest BCUT2D eigenvalue weighted by molar-refractivity contribution is -0.113. The number of nitrogens with zero attached hydrogens (tertiary/aromatic N) is 1. The minimum absolute atomic E-state index is 0. The van der Waals surface area contributed by atoms with Crippen molar-refractivity contribution in [3.8, 4) is 0 Å². The number of hydrogen-bond donors (Lipinski definition) is 7. The van der Waals surface area contributed by atoms with Gasteiger partial charge in [-0.25, -0.2) is 4.79 Å². The van der Waals surface area contributed by atoms with Crippen molar-refractivity contribution >= 4 is 47.3 Å². The molecule has 35 heavy (non-hydrogen) atoms. The first-order valence-corrected chi connectivity index (χ1v) is 11.5.